The maximum atomic E-state index is 13.7. The number of likely N-dealkylation sites (tertiary alicyclic amines) is 1. The molecule has 0 unspecified atom stereocenters. The van der Waals surface area contributed by atoms with Crippen LogP contribution in [0.4, 0.5) is 10.1 Å². The second kappa shape index (κ2) is 9.98. The molecule has 198 valence electrons. The molecule has 39 heavy (non-hydrogen) atoms. The van der Waals surface area contributed by atoms with Crippen LogP contribution in [0.1, 0.15) is 29.8 Å². The Hall–Kier alpha value is -4.53. The summed E-state index contributed by atoms with van der Waals surface area (Å²) in [5, 5.41) is 4.64. The van der Waals surface area contributed by atoms with E-state index in [1.807, 2.05) is 36.4 Å². The maximum absolute atomic E-state index is 13.7. The zero-order chi connectivity index (χ0) is 27.0. The number of ketones is 1. The molecule has 0 radical (unpaired) electrons. The number of ether oxygens (including phenoxy) is 1. The highest BCUT2D eigenvalue weighted by Gasteiger charge is 2.50. The molecule has 9 heteroatoms. The van der Waals surface area contributed by atoms with Gasteiger partial charge in [0, 0.05) is 49.7 Å². The van der Waals surface area contributed by atoms with Gasteiger partial charge in [-0.15, -0.1) is 0 Å². The summed E-state index contributed by atoms with van der Waals surface area (Å²) in [6, 6.07) is 19.2. The topological polar surface area (TPSA) is 80.6 Å². The third-order valence-electron chi connectivity index (χ3n) is 7.84. The minimum Gasteiger partial charge on any atom is -0.497 e. The van der Waals surface area contributed by atoms with Gasteiger partial charge in [-0.2, -0.15) is 5.10 Å². The number of aromatic nitrogens is 3. The molecule has 2 aromatic heterocycles. The average molecular weight is 526 g/mol. The first kappa shape index (κ1) is 24.8. The number of anilines is 1. The molecule has 8 nitrogen and oxygen atoms in total. The molecule has 2 aliphatic rings. The third kappa shape index (κ3) is 4.43. The molecule has 0 atom stereocenters. The minimum atomic E-state index is -0.610. The van der Waals surface area contributed by atoms with E-state index in [0.29, 0.717) is 56.0 Å². The van der Waals surface area contributed by atoms with Gasteiger partial charge in [0.15, 0.2) is 11.5 Å². The number of carbonyl (C=O) groups is 2. The SMILES string of the molecule is COc1ccc(N2CCC(=O)C23CCN(C(=O)c2cc(-c4ccncc4)n(-c4ccc(F)cc4)n2)CC3)cc1. The molecular weight excluding hydrogens is 497 g/mol. The van der Waals surface area contributed by atoms with Crippen molar-refractivity contribution in [3.63, 3.8) is 0 Å². The van der Waals surface area contributed by atoms with Gasteiger partial charge >= 0.3 is 0 Å². The lowest BCUT2D eigenvalue weighted by Crippen LogP contribution is -2.56. The summed E-state index contributed by atoms with van der Waals surface area (Å²) in [5.41, 5.74) is 2.86. The van der Waals surface area contributed by atoms with Crippen molar-refractivity contribution in [2.45, 2.75) is 24.8 Å². The Bertz CT molecular complexity index is 1490. The van der Waals surface area contributed by atoms with Gasteiger partial charge in [-0.25, -0.2) is 9.07 Å². The van der Waals surface area contributed by atoms with Crippen LogP contribution in [0.2, 0.25) is 0 Å². The van der Waals surface area contributed by atoms with E-state index in [0.717, 1.165) is 17.0 Å². The summed E-state index contributed by atoms with van der Waals surface area (Å²) >= 11 is 0. The van der Waals surface area contributed by atoms with Crippen LogP contribution in [0.15, 0.2) is 79.1 Å². The molecule has 2 fully saturated rings. The van der Waals surface area contributed by atoms with Gasteiger partial charge in [0.05, 0.1) is 18.5 Å². The summed E-state index contributed by atoms with van der Waals surface area (Å²) in [4.78, 5) is 34.9. The number of piperidine rings is 1. The van der Waals surface area contributed by atoms with Crippen LogP contribution in [-0.4, -0.2) is 63.6 Å². The molecule has 0 N–H and O–H groups in total. The number of hydrogen-bond acceptors (Lipinski definition) is 6. The molecule has 1 spiro atoms. The van der Waals surface area contributed by atoms with E-state index in [9.17, 15) is 14.0 Å². The molecular formula is C30H28FN5O3. The number of methoxy groups -OCH3 is 1. The number of rotatable bonds is 5. The largest absolute Gasteiger partial charge is 0.497 e. The van der Waals surface area contributed by atoms with Gasteiger partial charge in [-0.3, -0.25) is 14.6 Å². The number of nitrogens with zero attached hydrogens (tertiary/aromatic N) is 5. The van der Waals surface area contributed by atoms with Crippen molar-refractivity contribution in [2.75, 3.05) is 31.6 Å². The quantitative estimate of drug-likeness (QED) is 0.381. The second-order valence-corrected chi connectivity index (χ2v) is 9.89. The summed E-state index contributed by atoms with van der Waals surface area (Å²) in [5.74, 6) is 0.457. The Morgan fingerprint density at radius 3 is 2.26 bits per heavy atom. The Kier molecular flexibility index (Phi) is 6.34. The third-order valence-corrected chi connectivity index (χ3v) is 7.84. The average Bonchev–Trinajstić information content (AvgIpc) is 3.56. The van der Waals surface area contributed by atoms with E-state index in [-0.39, 0.29) is 17.5 Å². The Labute approximate surface area is 225 Å². The predicted molar refractivity (Wildman–Crippen MR) is 145 cm³/mol. The van der Waals surface area contributed by atoms with Crippen molar-refractivity contribution in [1.29, 1.82) is 0 Å². The van der Waals surface area contributed by atoms with Crippen molar-refractivity contribution >= 4 is 17.4 Å². The van der Waals surface area contributed by atoms with Gasteiger partial charge in [-0.05, 0) is 79.6 Å². The maximum Gasteiger partial charge on any atom is 0.274 e. The van der Waals surface area contributed by atoms with Crippen molar-refractivity contribution in [3.05, 3.63) is 90.6 Å². The van der Waals surface area contributed by atoms with Gasteiger partial charge < -0.3 is 14.5 Å². The van der Waals surface area contributed by atoms with E-state index in [4.69, 9.17) is 4.74 Å². The fraction of sp³-hybridized carbons (Fsp3) is 0.267. The smallest absolute Gasteiger partial charge is 0.274 e. The van der Waals surface area contributed by atoms with Crippen molar-refractivity contribution < 1.29 is 18.7 Å². The molecule has 4 heterocycles. The molecule has 0 aliphatic carbocycles. The van der Waals surface area contributed by atoms with E-state index >= 15 is 0 Å². The van der Waals surface area contributed by atoms with Crippen LogP contribution in [0.25, 0.3) is 16.9 Å². The lowest BCUT2D eigenvalue weighted by molar-refractivity contribution is -0.123. The highest BCUT2D eigenvalue weighted by Crippen LogP contribution is 2.40. The summed E-state index contributed by atoms with van der Waals surface area (Å²) in [6.45, 7) is 1.56. The van der Waals surface area contributed by atoms with Crippen LogP contribution >= 0.6 is 0 Å². The summed E-state index contributed by atoms with van der Waals surface area (Å²) in [6.07, 6.45) is 4.96. The monoisotopic (exact) mass is 525 g/mol. The number of hydrogen-bond donors (Lipinski definition) is 0. The predicted octanol–water partition coefficient (Wildman–Crippen LogP) is 4.54. The number of Topliss-reactive ketones (excluding diaryl/α,β-unsaturated/α-hetero) is 1. The van der Waals surface area contributed by atoms with Crippen molar-refractivity contribution in [2.24, 2.45) is 0 Å². The second-order valence-electron chi connectivity index (χ2n) is 9.89. The zero-order valence-corrected chi connectivity index (χ0v) is 21.6. The molecule has 2 aliphatic heterocycles. The fourth-order valence-corrected chi connectivity index (χ4v) is 5.73. The molecule has 6 rings (SSSR count). The highest BCUT2D eigenvalue weighted by atomic mass is 19.1. The van der Waals surface area contributed by atoms with Gasteiger partial charge in [0.1, 0.15) is 17.1 Å². The number of amides is 1. The molecule has 2 saturated heterocycles. The lowest BCUT2D eigenvalue weighted by atomic mass is 9.83. The summed E-state index contributed by atoms with van der Waals surface area (Å²) in [7, 11) is 1.63. The highest BCUT2D eigenvalue weighted by molar-refractivity contribution is 5.97. The summed E-state index contributed by atoms with van der Waals surface area (Å²) < 4.78 is 20.5. The number of pyridine rings is 1. The van der Waals surface area contributed by atoms with Crippen LogP contribution in [0.5, 0.6) is 5.75 Å². The first-order chi connectivity index (χ1) is 19.0. The van der Waals surface area contributed by atoms with Crippen molar-refractivity contribution in [1.82, 2.24) is 19.7 Å². The molecule has 0 saturated carbocycles. The molecule has 2 aromatic carbocycles. The fourth-order valence-electron chi connectivity index (χ4n) is 5.73. The van der Waals surface area contributed by atoms with Gasteiger partial charge in [0.2, 0.25) is 0 Å². The standard InChI is InChI=1S/C30H28FN5O3/c1-39-25-8-6-23(7-9-25)35-17-12-28(37)30(35)13-18-34(19-14-30)29(38)26-20-27(21-10-15-32-16-11-21)36(33-26)24-4-2-22(31)3-5-24/h2-11,15-16,20H,12-14,17-19H2,1H3. The van der Waals surface area contributed by atoms with Crippen LogP contribution in [0.3, 0.4) is 0 Å². The molecule has 0 bridgehead atoms. The first-order valence-electron chi connectivity index (χ1n) is 13.0. The lowest BCUT2D eigenvalue weighted by Gasteiger charge is -2.44. The van der Waals surface area contributed by atoms with Crippen LogP contribution < -0.4 is 9.64 Å². The van der Waals surface area contributed by atoms with Crippen molar-refractivity contribution in [3.8, 4) is 22.7 Å². The van der Waals surface area contributed by atoms with E-state index in [2.05, 4.69) is 15.0 Å². The van der Waals surface area contributed by atoms with Gasteiger partial charge in [-0.1, -0.05) is 0 Å². The number of carbonyl (C=O) groups excluding carboxylic acids is 2. The Morgan fingerprint density at radius 1 is 0.923 bits per heavy atom. The Balaban J connectivity index is 1.25. The van der Waals surface area contributed by atoms with Crippen LogP contribution in [0, 0.1) is 5.82 Å². The zero-order valence-electron chi connectivity index (χ0n) is 21.6. The van der Waals surface area contributed by atoms with Crippen LogP contribution in [-0.2, 0) is 4.79 Å². The van der Waals surface area contributed by atoms with E-state index < -0.39 is 5.54 Å². The number of halogens is 1. The van der Waals surface area contributed by atoms with E-state index in [1.165, 1.54) is 12.1 Å². The normalized spacial score (nSPS) is 16.6. The van der Waals surface area contributed by atoms with Gasteiger partial charge in [0.25, 0.3) is 5.91 Å². The van der Waals surface area contributed by atoms with E-state index in [1.54, 1.807) is 47.3 Å². The Morgan fingerprint density at radius 2 is 1.59 bits per heavy atom. The molecule has 1 amide bonds. The minimum absolute atomic E-state index is 0.192. The molecule has 4 aromatic rings. The first-order valence-corrected chi connectivity index (χ1v) is 13.0. The number of benzene rings is 2.